The normalized spacial score (nSPS) is 11.3. The molecule has 144 valence electrons. The van der Waals surface area contributed by atoms with Gasteiger partial charge in [0.2, 0.25) is 10.0 Å². The fraction of sp³-hybridized carbons (Fsp3) is 0.222. The topological polar surface area (TPSA) is 92.8 Å². The summed E-state index contributed by atoms with van der Waals surface area (Å²) in [6.07, 6.45) is 0. The van der Waals surface area contributed by atoms with E-state index in [0.29, 0.717) is 10.7 Å². The van der Waals surface area contributed by atoms with Gasteiger partial charge in [0.1, 0.15) is 0 Å². The summed E-state index contributed by atoms with van der Waals surface area (Å²) in [6.45, 7) is 1.37. The van der Waals surface area contributed by atoms with E-state index in [1.165, 1.54) is 38.4 Å². The number of esters is 1. The van der Waals surface area contributed by atoms with Gasteiger partial charge in [-0.1, -0.05) is 17.7 Å². The SMILES string of the molecule is Cc1ccc(NC(=O)COC(=O)c2ccc(S(=O)(=O)N(C)C)cc2)c(Cl)c1. The van der Waals surface area contributed by atoms with Gasteiger partial charge in [-0.05, 0) is 48.9 Å². The van der Waals surface area contributed by atoms with E-state index in [1.54, 1.807) is 18.2 Å². The van der Waals surface area contributed by atoms with Crippen molar-refractivity contribution in [2.75, 3.05) is 26.0 Å². The van der Waals surface area contributed by atoms with Crippen LogP contribution in [0.1, 0.15) is 15.9 Å². The zero-order valence-electron chi connectivity index (χ0n) is 15.0. The second-order valence-corrected chi connectivity index (χ2v) is 8.48. The highest BCUT2D eigenvalue weighted by Gasteiger charge is 2.18. The Morgan fingerprint density at radius 1 is 1.11 bits per heavy atom. The molecule has 0 aromatic heterocycles. The molecule has 1 N–H and O–H groups in total. The second-order valence-electron chi connectivity index (χ2n) is 5.92. The number of hydrogen-bond donors (Lipinski definition) is 1. The molecule has 1 amide bonds. The summed E-state index contributed by atoms with van der Waals surface area (Å²) in [5.74, 6) is -1.28. The Hall–Kier alpha value is -2.42. The summed E-state index contributed by atoms with van der Waals surface area (Å²) >= 11 is 6.03. The van der Waals surface area contributed by atoms with Crippen molar-refractivity contribution in [2.24, 2.45) is 0 Å². The molecule has 0 saturated carbocycles. The van der Waals surface area contributed by atoms with Gasteiger partial charge in [0.15, 0.2) is 6.61 Å². The number of carbonyl (C=O) groups is 2. The van der Waals surface area contributed by atoms with Gasteiger partial charge in [-0.3, -0.25) is 4.79 Å². The summed E-state index contributed by atoms with van der Waals surface area (Å²) in [5.41, 5.74) is 1.50. The molecule has 2 aromatic rings. The van der Waals surface area contributed by atoms with Crippen molar-refractivity contribution in [3.8, 4) is 0 Å². The van der Waals surface area contributed by atoms with Crippen molar-refractivity contribution in [1.82, 2.24) is 4.31 Å². The molecule has 7 nitrogen and oxygen atoms in total. The summed E-state index contributed by atoms with van der Waals surface area (Å²) in [6, 6.07) is 10.4. The molecule has 0 spiro atoms. The number of anilines is 1. The van der Waals surface area contributed by atoms with E-state index in [2.05, 4.69) is 5.32 Å². The van der Waals surface area contributed by atoms with E-state index >= 15 is 0 Å². The van der Waals surface area contributed by atoms with E-state index < -0.39 is 28.5 Å². The molecule has 0 unspecified atom stereocenters. The maximum atomic E-state index is 12.0. The molecule has 0 radical (unpaired) electrons. The number of carbonyl (C=O) groups excluding carboxylic acids is 2. The van der Waals surface area contributed by atoms with Crippen LogP contribution in [0, 0.1) is 6.92 Å². The third-order valence-corrected chi connectivity index (χ3v) is 5.74. The molecule has 0 aliphatic carbocycles. The first-order valence-corrected chi connectivity index (χ1v) is 9.69. The number of sulfonamides is 1. The van der Waals surface area contributed by atoms with Crippen molar-refractivity contribution in [3.05, 3.63) is 58.6 Å². The van der Waals surface area contributed by atoms with Crippen LogP contribution in [0.2, 0.25) is 5.02 Å². The van der Waals surface area contributed by atoms with Crippen LogP contribution in [0.3, 0.4) is 0 Å². The van der Waals surface area contributed by atoms with Crippen molar-refractivity contribution in [1.29, 1.82) is 0 Å². The maximum absolute atomic E-state index is 12.0. The molecule has 0 aliphatic heterocycles. The Balaban J connectivity index is 1.96. The molecule has 0 bridgehead atoms. The average Bonchev–Trinajstić information content (AvgIpc) is 2.62. The quantitative estimate of drug-likeness (QED) is 0.739. The average molecular weight is 411 g/mol. The van der Waals surface area contributed by atoms with Gasteiger partial charge in [-0.25, -0.2) is 17.5 Å². The maximum Gasteiger partial charge on any atom is 0.338 e. The van der Waals surface area contributed by atoms with Gasteiger partial charge in [0, 0.05) is 14.1 Å². The van der Waals surface area contributed by atoms with Crippen molar-refractivity contribution >= 4 is 39.2 Å². The Labute approximate surface area is 162 Å². The van der Waals surface area contributed by atoms with E-state index in [4.69, 9.17) is 16.3 Å². The van der Waals surface area contributed by atoms with Gasteiger partial charge in [0.05, 0.1) is 21.2 Å². The summed E-state index contributed by atoms with van der Waals surface area (Å²) in [7, 11) is -0.756. The Morgan fingerprint density at radius 2 is 1.74 bits per heavy atom. The molecule has 0 atom stereocenters. The zero-order chi connectivity index (χ0) is 20.2. The molecule has 0 fully saturated rings. The highest BCUT2D eigenvalue weighted by atomic mass is 35.5. The van der Waals surface area contributed by atoms with Crippen LogP contribution >= 0.6 is 11.6 Å². The highest BCUT2D eigenvalue weighted by molar-refractivity contribution is 7.89. The number of amides is 1. The minimum atomic E-state index is -3.58. The number of nitrogens with zero attached hydrogens (tertiary/aromatic N) is 1. The molecular weight excluding hydrogens is 392 g/mol. The van der Waals surface area contributed by atoms with E-state index in [1.807, 2.05) is 6.92 Å². The lowest BCUT2D eigenvalue weighted by molar-refractivity contribution is -0.119. The van der Waals surface area contributed by atoms with Crippen molar-refractivity contribution in [2.45, 2.75) is 11.8 Å². The minimum absolute atomic E-state index is 0.0517. The van der Waals surface area contributed by atoms with Crippen LogP contribution in [0.5, 0.6) is 0 Å². The first-order chi connectivity index (χ1) is 12.6. The first kappa shape index (κ1) is 20.9. The number of hydrogen-bond acceptors (Lipinski definition) is 5. The zero-order valence-corrected chi connectivity index (χ0v) is 16.6. The molecule has 0 aliphatic rings. The summed E-state index contributed by atoms with van der Waals surface area (Å²) in [4.78, 5) is 24.0. The van der Waals surface area contributed by atoms with Crippen LogP contribution in [0.15, 0.2) is 47.4 Å². The minimum Gasteiger partial charge on any atom is -0.452 e. The van der Waals surface area contributed by atoms with Crippen LogP contribution in [-0.4, -0.2) is 45.3 Å². The summed E-state index contributed by atoms with van der Waals surface area (Å²) in [5, 5.41) is 2.93. The fourth-order valence-electron chi connectivity index (χ4n) is 2.10. The van der Waals surface area contributed by atoms with Crippen LogP contribution in [0.25, 0.3) is 0 Å². The fourth-order valence-corrected chi connectivity index (χ4v) is 3.28. The number of rotatable bonds is 6. The van der Waals surface area contributed by atoms with Crippen LogP contribution < -0.4 is 5.32 Å². The van der Waals surface area contributed by atoms with Gasteiger partial charge in [0.25, 0.3) is 5.91 Å². The van der Waals surface area contributed by atoms with Gasteiger partial charge in [-0.15, -0.1) is 0 Å². The lowest BCUT2D eigenvalue weighted by Crippen LogP contribution is -2.22. The Kier molecular flexibility index (Phi) is 6.59. The predicted molar refractivity (Wildman–Crippen MR) is 102 cm³/mol. The molecule has 9 heteroatoms. The molecule has 0 saturated heterocycles. The number of ether oxygens (including phenoxy) is 1. The van der Waals surface area contributed by atoms with E-state index in [-0.39, 0.29) is 10.5 Å². The predicted octanol–water partition coefficient (Wildman–Crippen LogP) is 2.69. The van der Waals surface area contributed by atoms with Crippen molar-refractivity contribution < 1.29 is 22.7 Å². The van der Waals surface area contributed by atoms with Gasteiger partial charge < -0.3 is 10.1 Å². The third kappa shape index (κ3) is 5.29. The number of benzene rings is 2. The molecule has 0 heterocycles. The van der Waals surface area contributed by atoms with Gasteiger partial charge in [-0.2, -0.15) is 0 Å². The van der Waals surface area contributed by atoms with Crippen LogP contribution in [-0.2, 0) is 19.6 Å². The third-order valence-electron chi connectivity index (χ3n) is 3.60. The van der Waals surface area contributed by atoms with E-state index in [0.717, 1.165) is 9.87 Å². The monoisotopic (exact) mass is 410 g/mol. The standard InChI is InChI=1S/C18H19ClN2O5S/c1-12-4-9-16(15(19)10-12)20-17(22)11-26-18(23)13-5-7-14(8-6-13)27(24,25)21(2)3/h4-10H,11H2,1-3H3,(H,20,22). The molecule has 2 rings (SSSR count). The Bertz CT molecular complexity index is 956. The van der Waals surface area contributed by atoms with Crippen molar-refractivity contribution in [3.63, 3.8) is 0 Å². The number of halogens is 1. The number of aryl methyl sites for hydroxylation is 1. The first-order valence-electron chi connectivity index (χ1n) is 7.87. The smallest absolute Gasteiger partial charge is 0.338 e. The number of nitrogens with one attached hydrogen (secondary N) is 1. The molecule has 2 aromatic carbocycles. The lowest BCUT2D eigenvalue weighted by atomic mass is 10.2. The second kappa shape index (κ2) is 8.51. The Morgan fingerprint density at radius 3 is 2.30 bits per heavy atom. The van der Waals surface area contributed by atoms with E-state index in [9.17, 15) is 18.0 Å². The lowest BCUT2D eigenvalue weighted by Gasteiger charge is -2.11. The molecular formula is C18H19ClN2O5S. The molecule has 27 heavy (non-hydrogen) atoms. The van der Waals surface area contributed by atoms with Crippen LogP contribution in [0.4, 0.5) is 5.69 Å². The summed E-state index contributed by atoms with van der Waals surface area (Å²) < 4.78 is 30.0. The highest BCUT2D eigenvalue weighted by Crippen LogP contribution is 2.22. The van der Waals surface area contributed by atoms with Gasteiger partial charge >= 0.3 is 5.97 Å². The largest absolute Gasteiger partial charge is 0.452 e.